The van der Waals surface area contributed by atoms with Crippen LogP contribution in [0, 0.1) is 11.7 Å². The molecule has 136 valence electrons. The first-order valence-electron chi connectivity index (χ1n) is 8.77. The number of benzene rings is 2. The Hall–Kier alpha value is -2.69. The van der Waals surface area contributed by atoms with E-state index in [1.165, 1.54) is 12.1 Å². The van der Waals surface area contributed by atoms with Gasteiger partial charge in [0.15, 0.2) is 0 Å². The molecule has 1 aliphatic heterocycles. The van der Waals surface area contributed by atoms with Crippen molar-refractivity contribution >= 4 is 17.4 Å². The van der Waals surface area contributed by atoms with Gasteiger partial charge in [-0.25, -0.2) is 4.39 Å². The van der Waals surface area contributed by atoms with Crippen LogP contribution in [0.2, 0.25) is 0 Å². The number of rotatable bonds is 5. The van der Waals surface area contributed by atoms with Crippen molar-refractivity contribution in [3.05, 3.63) is 66.0 Å². The Morgan fingerprint density at radius 3 is 2.42 bits per heavy atom. The molecule has 26 heavy (non-hydrogen) atoms. The quantitative estimate of drug-likeness (QED) is 0.740. The Bertz CT molecular complexity index is 801. The van der Waals surface area contributed by atoms with Crippen LogP contribution < -0.4 is 5.01 Å². The smallest absolute Gasteiger partial charge is 0.317 e. The molecule has 3 rings (SSSR count). The zero-order valence-corrected chi connectivity index (χ0v) is 15.3. The summed E-state index contributed by atoms with van der Waals surface area (Å²) in [6.45, 7) is 6.12. The maximum Gasteiger partial charge on any atom is 0.317 e. The van der Waals surface area contributed by atoms with Gasteiger partial charge in [0.2, 0.25) is 0 Å². The van der Waals surface area contributed by atoms with Gasteiger partial charge in [0, 0.05) is 0 Å². The summed E-state index contributed by atoms with van der Waals surface area (Å²) >= 11 is 0. The molecule has 0 saturated heterocycles. The van der Waals surface area contributed by atoms with Gasteiger partial charge in [0.25, 0.3) is 0 Å². The molecule has 1 heterocycles. The van der Waals surface area contributed by atoms with Crippen molar-refractivity contribution in [1.29, 1.82) is 0 Å². The third-order valence-corrected chi connectivity index (χ3v) is 4.71. The highest BCUT2D eigenvalue weighted by Crippen LogP contribution is 2.38. The highest BCUT2D eigenvalue weighted by molar-refractivity contribution is 6.06. The van der Waals surface area contributed by atoms with E-state index in [2.05, 4.69) is 5.10 Å². The lowest BCUT2D eigenvalue weighted by Gasteiger charge is -2.34. The van der Waals surface area contributed by atoms with E-state index in [-0.39, 0.29) is 18.4 Å². The first-order valence-corrected chi connectivity index (χ1v) is 8.77. The van der Waals surface area contributed by atoms with Gasteiger partial charge >= 0.3 is 5.97 Å². The fourth-order valence-corrected chi connectivity index (χ4v) is 3.33. The van der Waals surface area contributed by atoms with E-state index in [4.69, 9.17) is 4.74 Å². The largest absolute Gasteiger partial charge is 0.460 e. The van der Waals surface area contributed by atoms with Crippen molar-refractivity contribution in [3.8, 4) is 0 Å². The standard InChI is InChI=1S/C21H23FN2O2/c1-4-18-19(20(25)26-14-15-8-6-5-7-9-15)21(2,3)24(23-18)17-12-10-16(22)11-13-17/h5-13,19H,4,14H2,1-3H3. The molecule has 0 saturated carbocycles. The van der Waals surface area contributed by atoms with Gasteiger partial charge in [0.05, 0.1) is 16.9 Å². The van der Waals surface area contributed by atoms with Crippen LogP contribution in [0.15, 0.2) is 59.7 Å². The summed E-state index contributed by atoms with van der Waals surface area (Å²) in [6, 6.07) is 15.7. The van der Waals surface area contributed by atoms with Crippen molar-refractivity contribution in [2.75, 3.05) is 5.01 Å². The predicted molar refractivity (Wildman–Crippen MR) is 100 cm³/mol. The van der Waals surface area contributed by atoms with Gasteiger partial charge < -0.3 is 4.74 Å². The summed E-state index contributed by atoms with van der Waals surface area (Å²) in [7, 11) is 0. The Kier molecular flexibility index (Phi) is 5.07. The Balaban J connectivity index is 1.81. The number of ether oxygens (including phenoxy) is 1. The maximum absolute atomic E-state index is 13.2. The summed E-state index contributed by atoms with van der Waals surface area (Å²) in [6.07, 6.45) is 0.645. The molecule has 2 aromatic carbocycles. The lowest BCUT2D eigenvalue weighted by atomic mass is 9.83. The van der Waals surface area contributed by atoms with E-state index in [1.54, 1.807) is 17.1 Å². The van der Waals surface area contributed by atoms with E-state index >= 15 is 0 Å². The minimum absolute atomic E-state index is 0.236. The lowest BCUT2D eigenvalue weighted by molar-refractivity contribution is -0.148. The Morgan fingerprint density at radius 1 is 1.15 bits per heavy atom. The van der Waals surface area contributed by atoms with Crippen molar-refractivity contribution in [2.24, 2.45) is 11.0 Å². The Labute approximate surface area is 153 Å². The van der Waals surface area contributed by atoms with E-state index in [0.717, 1.165) is 17.0 Å². The van der Waals surface area contributed by atoms with E-state index in [9.17, 15) is 9.18 Å². The third kappa shape index (κ3) is 3.47. The fraction of sp³-hybridized carbons (Fsp3) is 0.333. The van der Waals surface area contributed by atoms with E-state index in [1.807, 2.05) is 51.1 Å². The zero-order chi connectivity index (χ0) is 18.7. The van der Waals surface area contributed by atoms with Crippen molar-refractivity contribution in [2.45, 2.75) is 39.3 Å². The summed E-state index contributed by atoms with van der Waals surface area (Å²) < 4.78 is 18.8. The molecule has 2 aromatic rings. The van der Waals surface area contributed by atoms with Crippen LogP contribution in [-0.4, -0.2) is 17.2 Å². The monoisotopic (exact) mass is 354 g/mol. The summed E-state index contributed by atoms with van der Waals surface area (Å²) in [5.41, 5.74) is 1.87. The molecule has 5 heteroatoms. The molecule has 1 unspecified atom stereocenters. The van der Waals surface area contributed by atoms with Crippen LogP contribution in [0.3, 0.4) is 0 Å². The molecule has 0 spiro atoms. The average Bonchev–Trinajstić information content (AvgIpc) is 2.92. The highest BCUT2D eigenvalue weighted by Gasteiger charge is 2.49. The van der Waals surface area contributed by atoms with E-state index < -0.39 is 11.5 Å². The van der Waals surface area contributed by atoms with Gasteiger partial charge in [-0.2, -0.15) is 5.10 Å². The molecule has 0 aliphatic carbocycles. The predicted octanol–water partition coefficient (Wildman–Crippen LogP) is 4.55. The number of carbonyl (C=O) groups excluding carboxylic acids is 1. The van der Waals surface area contributed by atoms with Gasteiger partial charge in [0.1, 0.15) is 18.3 Å². The lowest BCUT2D eigenvalue weighted by Crippen LogP contribution is -2.47. The molecule has 4 nitrogen and oxygen atoms in total. The number of hydrogen-bond acceptors (Lipinski definition) is 4. The summed E-state index contributed by atoms with van der Waals surface area (Å²) in [5.74, 6) is -1.06. The molecule has 0 N–H and O–H groups in total. The first kappa shape index (κ1) is 18.1. The molecule has 0 fully saturated rings. The molecular formula is C21H23FN2O2. The van der Waals surface area contributed by atoms with Gasteiger partial charge in [-0.3, -0.25) is 9.80 Å². The molecule has 1 aliphatic rings. The summed E-state index contributed by atoms with van der Waals surface area (Å²) in [4.78, 5) is 12.8. The number of hydrazone groups is 1. The average molecular weight is 354 g/mol. The zero-order valence-electron chi connectivity index (χ0n) is 15.3. The SMILES string of the molecule is CCC1=NN(c2ccc(F)cc2)C(C)(C)C1C(=O)OCc1ccccc1. The number of carbonyl (C=O) groups is 1. The molecule has 0 aromatic heterocycles. The molecular weight excluding hydrogens is 331 g/mol. The van der Waals surface area contributed by atoms with E-state index in [0.29, 0.717) is 6.42 Å². The fourth-order valence-electron chi connectivity index (χ4n) is 3.33. The second kappa shape index (κ2) is 7.28. The number of anilines is 1. The molecule has 1 atom stereocenters. The van der Waals surface area contributed by atoms with Crippen LogP contribution in [-0.2, 0) is 16.1 Å². The van der Waals surface area contributed by atoms with Crippen molar-refractivity contribution in [3.63, 3.8) is 0 Å². The van der Waals surface area contributed by atoms with Crippen LogP contribution in [0.5, 0.6) is 0 Å². The maximum atomic E-state index is 13.2. The van der Waals surface area contributed by atoms with Crippen LogP contribution in [0.1, 0.15) is 32.8 Å². The highest BCUT2D eigenvalue weighted by atomic mass is 19.1. The summed E-state index contributed by atoms with van der Waals surface area (Å²) in [5, 5.41) is 6.43. The number of esters is 1. The van der Waals surface area contributed by atoms with Crippen LogP contribution >= 0.6 is 0 Å². The van der Waals surface area contributed by atoms with Crippen molar-refractivity contribution in [1.82, 2.24) is 0 Å². The molecule has 0 amide bonds. The minimum atomic E-state index is -0.600. The topological polar surface area (TPSA) is 41.9 Å². The molecule has 0 radical (unpaired) electrons. The third-order valence-electron chi connectivity index (χ3n) is 4.71. The second-order valence-electron chi connectivity index (χ2n) is 6.91. The van der Waals surface area contributed by atoms with Crippen LogP contribution in [0.25, 0.3) is 0 Å². The van der Waals surface area contributed by atoms with Gasteiger partial charge in [-0.15, -0.1) is 0 Å². The number of halogens is 1. The van der Waals surface area contributed by atoms with Gasteiger partial charge in [-0.1, -0.05) is 37.3 Å². The van der Waals surface area contributed by atoms with Gasteiger partial charge in [-0.05, 0) is 50.1 Å². The second-order valence-corrected chi connectivity index (χ2v) is 6.91. The Morgan fingerprint density at radius 2 is 1.81 bits per heavy atom. The number of hydrogen-bond donors (Lipinski definition) is 0. The molecule has 0 bridgehead atoms. The first-order chi connectivity index (χ1) is 12.4. The van der Waals surface area contributed by atoms with Crippen LogP contribution in [0.4, 0.5) is 10.1 Å². The van der Waals surface area contributed by atoms with Crippen molar-refractivity contribution < 1.29 is 13.9 Å². The number of nitrogens with zero attached hydrogens (tertiary/aromatic N) is 2. The minimum Gasteiger partial charge on any atom is -0.460 e. The normalized spacial score (nSPS) is 18.5.